The molecule has 0 atom stereocenters. The van der Waals surface area contributed by atoms with E-state index >= 15 is 0 Å². The molecule has 0 unspecified atom stereocenters. The highest BCUT2D eigenvalue weighted by Crippen LogP contribution is 2.50. The summed E-state index contributed by atoms with van der Waals surface area (Å²) in [5.74, 6) is 0.527. The molecular formula is C27H46O6. The number of carboxylic acid groups (broad SMARTS) is 1. The molecule has 0 aliphatic carbocycles. The van der Waals surface area contributed by atoms with Crippen molar-refractivity contribution in [3.05, 3.63) is 11.1 Å². The zero-order chi connectivity index (χ0) is 24.5. The highest BCUT2D eigenvalue weighted by atomic mass is 16.7. The fourth-order valence-electron chi connectivity index (χ4n) is 3.86. The van der Waals surface area contributed by atoms with Crippen LogP contribution in [0.1, 0.15) is 116 Å². The summed E-state index contributed by atoms with van der Waals surface area (Å²) in [7, 11) is 0. The summed E-state index contributed by atoms with van der Waals surface area (Å²) in [6.45, 7) is 9.42. The van der Waals surface area contributed by atoms with Gasteiger partial charge in [-0.05, 0) is 38.5 Å². The Bertz CT molecular complexity index is 686. The molecule has 0 saturated carbocycles. The van der Waals surface area contributed by atoms with Gasteiger partial charge in [0.25, 0.3) is 0 Å². The SMILES string of the molecule is CCCCCCc1c(O)c(OC(=O)O)c(OCCCC)c(OCCCC)c1CCCCCC. The van der Waals surface area contributed by atoms with Gasteiger partial charge in [0.1, 0.15) is 0 Å². The molecular weight excluding hydrogens is 420 g/mol. The van der Waals surface area contributed by atoms with Gasteiger partial charge in [-0.25, -0.2) is 4.79 Å². The lowest BCUT2D eigenvalue weighted by Crippen LogP contribution is -2.12. The second kappa shape index (κ2) is 17.4. The standard InChI is InChI=1S/C27H46O6/c1-5-9-13-15-17-21-22(18-16-14-10-6-2)24(31-19-11-7-3)26(32-20-12-8-4)25(23(21)28)33-27(29)30/h28H,5-20H2,1-4H3,(H,29,30). The molecule has 1 aromatic carbocycles. The molecule has 0 saturated heterocycles. The number of ether oxygens (including phenoxy) is 3. The number of hydrogen-bond donors (Lipinski definition) is 2. The van der Waals surface area contributed by atoms with Crippen LogP contribution in [0.15, 0.2) is 0 Å². The second-order valence-corrected chi connectivity index (χ2v) is 8.69. The van der Waals surface area contributed by atoms with E-state index in [1.54, 1.807) is 0 Å². The minimum atomic E-state index is -1.47. The minimum absolute atomic E-state index is 0.117. The fraction of sp³-hybridized carbons (Fsp3) is 0.741. The van der Waals surface area contributed by atoms with Crippen LogP contribution in [0, 0.1) is 0 Å². The maximum atomic E-state index is 11.5. The third-order valence-electron chi connectivity index (χ3n) is 5.79. The summed E-state index contributed by atoms with van der Waals surface area (Å²) >= 11 is 0. The van der Waals surface area contributed by atoms with Crippen molar-refractivity contribution in [3.8, 4) is 23.0 Å². The van der Waals surface area contributed by atoms with Gasteiger partial charge in [0.15, 0.2) is 11.5 Å². The van der Waals surface area contributed by atoms with E-state index in [-0.39, 0.29) is 17.2 Å². The zero-order valence-electron chi connectivity index (χ0n) is 21.3. The monoisotopic (exact) mass is 466 g/mol. The van der Waals surface area contributed by atoms with Gasteiger partial charge in [0, 0.05) is 11.1 Å². The smallest absolute Gasteiger partial charge is 0.504 e. The maximum absolute atomic E-state index is 11.5. The molecule has 0 bridgehead atoms. The van der Waals surface area contributed by atoms with Crippen LogP contribution >= 0.6 is 0 Å². The first-order valence-electron chi connectivity index (χ1n) is 13.1. The molecule has 33 heavy (non-hydrogen) atoms. The van der Waals surface area contributed by atoms with E-state index in [0.717, 1.165) is 94.6 Å². The third kappa shape index (κ3) is 10.1. The van der Waals surface area contributed by atoms with Gasteiger partial charge < -0.3 is 24.4 Å². The van der Waals surface area contributed by atoms with E-state index in [1.165, 1.54) is 0 Å². The first-order chi connectivity index (χ1) is 16.0. The molecule has 0 aliphatic heterocycles. The summed E-state index contributed by atoms with van der Waals surface area (Å²) in [6, 6.07) is 0. The predicted octanol–water partition coefficient (Wildman–Crippen LogP) is 8.05. The Balaban J connectivity index is 3.53. The predicted molar refractivity (Wildman–Crippen MR) is 133 cm³/mol. The number of carbonyl (C=O) groups is 1. The number of aromatic hydroxyl groups is 1. The first kappa shape index (κ1) is 28.9. The van der Waals surface area contributed by atoms with Gasteiger partial charge in [-0.3, -0.25) is 0 Å². The summed E-state index contributed by atoms with van der Waals surface area (Å²) in [4.78, 5) is 11.5. The van der Waals surface area contributed by atoms with Crippen molar-refractivity contribution < 1.29 is 29.2 Å². The largest absolute Gasteiger partial charge is 0.511 e. The van der Waals surface area contributed by atoms with Gasteiger partial charge in [-0.2, -0.15) is 0 Å². The molecule has 1 aromatic rings. The van der Waals surface area contributed by atoms with E-state index in [9.17, 15) is 15.0 Å². The van der Waals surface area contributed by atoms with Crippen LogP contribution in [0.3, 0.4) is 0 Å². The van der Waals surface area contributed by atoms with Gasteiger partial charge in [-0.15, -0.1) is 0 Å². The van der Waals surface area contributed by atoms with Crippen molar-refractivity contribution in [1.82, 2.24) is 0 Å². The van der Waals surface area contributed by atoms with E-state index < -0.39 is 6.16 Å². The lowest BCUT2D eigenvalue weighted by atomic mass is 9.93. The topological polar surface area (TPSA) is 85.2 Å². The number of benzene rings is 1. The Hall–Kier alpha value is -2.11. The van der Waals surface area contributed by atoms with Crippen molar-refractivity contribution in [1.29, 1.82) is 0 Å². The van der Waals surface area contributed by atoms with Gasteiger partial charge in [-0.1, -0.05) is 79.1 Å². The molecule has 190 valence electrons. The Morgan fingerprint density at radius 2 is 1.12 bits per heavy atom. The van der Waals surface area contributed by atoms with Crippen LogP contribution in [-0.2, 0) is 12.8 Å². The van der Waals surface area contributed by atoms with Crippen LogP contribution < -0.4 is 14.2 Å². The molecule has 0 fully saturated rings. The van der Waals surface area contributed by atoms with Crippen LogP contribution in [0.4, 0.5) is 4.79 Å². The number of hydrogen-bond acceptors (Lipinski definition) is 5. The Morgan fingerprint density at radius 1 is 0.636 bits per heavy atom. The molecule has 2 N–H and O–H groups in total. The normalized spacial score (nSPS) is 10.9. The highest BCUT2D eigenvalue weighted by Gasteiger charge is 2.28. The number of rotatable bonds is 19. The number of unbranched alkanes of at least 4 members (excludes halogenated alkanes) is 8. The van der Waals surface area contributed by atoms with E-state index in [4.69, 9.17) is 14.2 Å². The van der Waals surface area contributed by atoms with Crippen LogP contribution in [0.5, 0.6) is 23.0 Å². The molecule has 0 radical (unpaired) electrons. The van der Waals surface area contributed by atoms with Crippen molar-refractivity contribution in [2.45, 2.75) is 118 Å². The molecule has 0 aliphatic rings. The quantitative estimate of drug-likeness (QED) is 0.122. The van der Waals surface area contributed by atoms with E-state index in [2.05, 4.69) is 27.7 Å². The molecule has 0 amide bonds. The lowest BCUT2D eigenvalue weighted by Gasteiger charge is -2.23. The van der Waals surface area contributed by atoms with Gasteiger partial charge >= 0.3 is 6.16 Å². The molecule has 6 heteroatoms. The van der Waals surface area contributed by atoms with Crippen molar-refractivity contribution in [2.24, 2.45) is 0 Å². The molecule has 0 spiro atoms. The first-order valence-corrected chi connectivity index (χ1v) is 13.1. The van der Waals surface area contributed by atoms with Crippen molar-refractivity contribution >= 4 is 6.16 Å². The Labute approximate surface area is 200 Å². The van der Waals surface area contributed by atoms with E-state index in [1.807, 2.05) is 0 Å². The summed E-state index contributed by atoms with van der Waals surface area (Å²) in [5, 5.41) is 20.6. The summed E-state index contributed by atoms with van der Waals surface area (Å²) < 4.78 is 17.3. The lowest BCUT2D eigenvalue weighted by molar-refractivity contribution is 0.139. The van der Waals surface area contributed by atoms with Crippen LogP contribution in [0.25, 0.3) is 0 Å². The number of phenols is 1. The Kier molecular flexibility index (Phi) is 15.2. The third-order valence-corrected chi connectivity index (χ3v) is 5.79. The minimum Gasteiger partial charge on any atom is -0.504 e. The number of phenolic OH excluding ortho intramolecular Hbond substituents is 1. The molecule has 6 nitrogen and oxygen atoms in total. The fourth-order valence-corrected chi connectivity index (χ4v) is 3.86. The van der Waals surface area contributed by atoms with Crippen LogP contribution in [-0.4, -0.2) is 29.6 Å². The molecule has 1 rings (SSSR count). The summed E-state index contributed by atoms with van der Waals surface area (Å²) in [6.07, 6.45) is 12.2. The molecule has 0 aromatic heterocycles. The van der Waals surface area contributed by atoms with Crippen molar-refractivity contribution in [3.63, 3.8) is 0 Å². The second-order valence-electron chi connectivity index (χ2n) is 8.69. The maximum Gasteiger partial charge on any atom is 0.511 e. The average Bonchev–Trinajstić information content (AvgIpc) is 2.79. The Morgan fingerprint density at radius 3 is 1.61 bits per heavy atom. The highest BCUT2D eigenvalue weighted by molar-refractivity contribution is 5.72. The van der Waals surface area contributed by atoms with E-state index in [0.29, 0.717) is 25.4 Å². The van der Waals surface area contributed by atoms with Gasteiger partial charge in [0.2, 0.25) is 11.5 Å². The van der Waals surface area contributed by atoms with Crippen LogP contribution in [0.2, 0.25) is 0 Å². The van der Waals surface area contributed by atoms with Crippen molar-refractivity contribution in [2.75, 3.05) is 13.2 Å². The summed E-state index contributed by atoms with van der Waals surface area (Å²) in [5.41, 5.74) is 1.69. The zero-order valence-corrected chi connectivity index (χ0v) is 21.3. The molecule has 0 heterocycles. The van der Waals surface area contributed by atoms with Gasteiger partial charge in [0.05, 0.1) is 13.2 Å². The average molecular weight is 467 g/mol.